The predicted octanol–water partition coefficient (Wildman–Crippen LogP) is 1.15. The second-order valence-electron chi connectivity index (χ2n) is 3.47. The van der Waals surface area contributed by atoms with Gasteiger partial charge in [0.1, 0.15) is 11.3 Å². The second-order valence-corrected chi connectivity index (χ2v) is 3.47. The first-order valence-electron chi connectivity index (χ1n) is 4.42. The Morgan fingerprint density at radius 3 is 2.71 bits per heavy atom. The van der Waals surface area contributed by atoms with E-state index < -0.39 is 5.60 Å². The summed E-state index contributed by atoms with van der Waals surface area (Å²) in [6.07, 6.45) is 0. The summed E-state index contributed by atoms with van der Waals surface area (Å²) >= 11 is 0. The molecule has 0 atom stereocenters. The van der Waals surface area contributed by atoms with Crippen molar-refractivity contribution >= 4 is 5.88 Å². The van der Waals surface area contributed by atoms with Gasteiger partial charge in [-0.25, -0.2) is 0 Å². The van der Waals surface area contributed by atoms with Crippen molar-refractivity contribution < 1.29 is 14.0 Å². The first-order valence-corrected chi connectivity index (χ1v) is 4.42. The summed E-state index contributed by atoms with van der Waals surface area (Å²) in [6, 6.07) is 1.66. The first kappa shape index (κ1) is 11.0. The molecule has 1 aromatic rings. The molecule has 80 valence electrons. The van der Waals surface area contributed by atoms with Gasteiger partial charge in [0.05, 0.1) is 13.2 Å². The van der Waals surface area contributed by atoms with Crippen LogP contribution in [0.3, 0.4) is 0 Å². The van der Waals surface area contributed by atoms with E-state index >= 15 is 0 Å². The Bertz CT molecular complexity index is 283. The normalized spacial score (nSPS) is 11.9. The molecule has 5 nitrogen and oxygen atoms in total. The molecule has 2 N–H and O–H groups in total. The molecule has 0 saturated carbocycles. The van der Waals surface area contributed by atoms with Crippen LogP contribution in [0.5, 0.6) is 0 Å². The summed E-state index contributed by atoms with van der Waals surface area (Å²) < 4.78 is 15.2. The topological polar surface area (TPSA) is 70.5 Å². The van der Waals surface area contributed by atoms with E-state index in [4.69, 9.17) is 19.7 Å². The largest absolute Gasteiger partial charge is 0.382 e. The Morgan fingerprint density at radius 2 is 2.21 bits per heavy atom. The number of aromatic nitrogens is 1. The van der Waals surface area contributed by atoms with Crippen molar-refractivity contribution in [1.82, 2.24) is 5.16 Å². The Kier molecular flexibility index (Phi) is 3.49. The molecule has 0 aliphatic rings. The van der Waals surface area contributed by atoms with E-state index in [1.165, 1.54) is 0 Å². The number of nitrogens with two attached hydrogens (primary N) is 1. The summed E-state index contributed by atoms with van der Waals surface area (Å²) in [5.41, 5.74) is 5.61. The monoisotopic (exact) mass is 200 g/mol. The standard InChI is InChI=1S/C9H16N2O3/c1-9(2,13-5-4-12-3)7-6-8(10)14-11-7/h6H,4-5,10H2,1-3H3. The quantitative estimate of drug-likeness (QED) is 0.722. The van der Waals surface area contributed by atoms with Gasteiger partial charge in [0.25, 0.3) is 0 Å². The van der Waals surface area contributed by atoms with Gasteiger partial charge in [0.15, 0.2) is 0 Å². The Morgan fingerprint density at radius 1 is 1.50 bits per heavy atom. The molecule has 1 heterocycles. The van der Waals surface area contributed by atoms with E-state index in [1.807, 2.05) is 13.8 Å². The highest BCUT2D eigenvalue weighted by molar-refractivity contribution is 5.27. The van der Waals surface area contributed by atoms with E-state index in [0.29, 0.717) is 24.8 Å². The van der Waals surface area contributed by atoms with Crippen LogP contribution in [0, 0.1) is 0 Å². The molecule has 0 radical (unpaired) electrons. The van der Waals surface area contributed by atoms with Gasteiger partial charge in [-0.15, -0.1) is 0 Å². The highest BCUT2D eigenvalue weighted by Gasteiger charge is 2.25. The second kappa shape index (κ2) is 4.43. The molecule has 0 aliphatic carbocycles. The maximum absolute atomic E-state index is 5.57. The van der Waals surface area contributed by atoms with Gasteiger partial charge in [-0.3, -0.25) is 0 Å². The van der Waals surface area contributed by atoms with E-state index in [1.54, 1.807) is 13.2 Å². The number of nitrogens with zero attached hydrogens (tertiary/aromatic N) is 1. The zero-order chi connectivity index (χ0) is 10.6. The summed E-state index contributed by atoms with van der Waals surface area (Å²) in [5.74, 6) is 0.295. The number of methoxy groups -OCH3 is 1. The van der Waals surface area contributed by atoms with Crippen molar-refractivity contribution in [3.05, 3.63) is 11.8 Å². The third-order valence-corrected chi connectivity index (χ3v) is 1.90. The molecule has 0 aromatic carbocycles. The molecule has 0 spiro atoms. The fourth-order valence-corrected chi connectivity index (χ4v) is 1.03. The van der Waals surface area contributed by atoms with Gasteiger partial charge >= 0.3 is 0 Å². The van der Waals surface area contributed by atoms with Crippen LogP contribution in [0.25, 0.3) is 0 Å². The molecule has 0 unspecified atom stereocenters. The number of hydrogen-bond acceptors (Lipinski definition) is 5. The van der Waals surface area contributed by atoms with E-state index in [0.717, 1.165) is 0 Å². The number of rotatable bonds is 5. The minimum Gasteiger partial charge on any atom is -0.382 e. The first-order chi connectivity index (χ1) is 6.56. The van der Waals surface area contributed by atoms with Gasteiger partial charge in [0.2, 0.25) is 5.88 Å². The van der Waals surface area contributed by atoms with E-state index in [9.17, 15) is 0 Å². The van der Waals surface area contributed by atoms with Gasteiger partial charge in [-0.1, -0.05) is 5.16 Å². The van der Waals surface area contributed by atoms with Crippen LogP contribution in [0.4, 0.5) is 5.88 Å². The van der Waals surface area contributed by atoms with Crippen molar-refractivity contribution in [3.63, 3.8) is 0 Å². The lowest BCUT2D eigenvalue weighted by Gasteiger charge is -2.22. The Balaban J connectivity index is 2.56. The van der Waals surface area contributed by atoms with Crippen LogP contribution >= 0.6 is 0 Å². The predicted molar refractivity (Wildman–Crippen MR) is 51.8 cm³/mol. The van der Waals surface area contributed by atoms with Crippen molar-refractivity contribution in [2.24, 2.45) is 0 Å². The van der Waals surface area contributed by atoms with Crippen LogP contribution in [-0.4, -0.2) is 25.5 Å². The molecule has 0 bridgehead atoms. The maximum atomic E-state index is 5.57. The molecule has 1 aromatic heterocycles. The lowest BCUT2D eigenvalue weighted by molar-refractivity contribution is -0.0471. The average molecular weight is 200 g/mol. The Hall–Kier alpha value is -1.07. The summed E-state index contributed by atoms with van der Waals surface area (Å²) in [6.45, 7) is 4.87. The third-order valence-electron chi connectivity index (χ3n) is 1.90. The minimum atomic E-state index is -0.500. The lowest BCUT2D eigenvalue weighted by atomic mass is 10.1. The molecule has 5 heteroatoms. The summed E-state index contributed by atoms with van der Waals surface area (Å²) in [4.78, 5) is 0. The van der Waals surface area contributed by atoms with Gasteiger partial charge in [-0.2, -0.15) is 0 Å². The molecule has 0 aliphatic heterocycles. The van der Waals surface area contributed by atoms with Gasteiger partial charge in [0, 0.05) is 13.2 Å². The fraction of sp³-hybridized carbons (Fsp3) is 0.667. The van der Waals surface area contributed by atoms with Crippen molar-refractivity contribution in [3.8, 4) is 0 Å². The fourth-order valence-electron chi connectivity index (χ4n) is 1.03. The van der Waals surface area contributed by atoms with Gasteiger partial charge < -0.3 is 19.7 Å². The third kappa shape index (κ3) is 2.71. The number of anilines is 1. The number of hydrogen-bond donors (Lipinski definition) is 1. The van der Waals surface area contributed by atoms with E-state index in [-0.39, 0.29) is 0 Å². The zero-order valence-corrected chi connectivity index (χ0v) is 8.74. The minimum absolute atomic E-state index is 0.295. The highest BCUT2D eigenvalue weighted by atomic mass is 16.5. The SMILES string of the molecule is COCCOC(C)(C)c1cc(N)on1. The summed E-state index contributed by atoms with van der Waals surface area (Å²) in [5, 5.41) is 3.80. The molecule has 14 heavy (non-hydrogen) atoms. The average Bonchev–Trinajstić information content (AvgIpc) is 2.53. The maximum Gasteiger partial charge on any atom is 0.222 e. The highest BCUT2D eigenvalue weighted by Crippen LogP contribution is 2.24. The molecule has 0 saturated heterocycles. The molecule has 1 rings (SSSR count). The molecule has 0 fully saturated rings. The Labute approximate surface area is 83.2 Å². The summed E-state index contributed by atoms with van der Waals surface area (Å²) in [7, 11) is 1.63. The van der Waals surface area contributed by atoms with E-state index in [2.05, 4.69) is 5.16 Å². The van der Waals surface area contributed by atoms with Gasteiger partial charge in [-0.05, 0) is 13.8 Å². The lowest BCUT2D eigenvalue weighted by Crippen LogP contribution is -2.24. The van der Waals surface area contributed by atoms with Crippen molar-refractivity contribution in [2.75, 3.05) is 26.1 Å². The molecule has 0 amide bonds. The van der Waals surface area contributed by atoms with Crippen LogP contribution in [0.2, 0.25) is 0 Å². The zero-order valence-electron chi connectivity index (χ0n) is 8.74. The van der Waals surface area contributed by atoms with Crippen LogP contribution in [0.15, 0.2) is 10.6 Å². The number of ether oxygens (including phenoxy) is 2. The van der Waals surface area contributed by atoms with Crippen LogP contribution < -0.4 is 5.73 Å². The van der Waals surface area contributed by atoms with Crippen LogP contribution in [-0.2, 0) is 15.1 Å². The van der Waals surface area contributed by atoms with Crippen molar-refractivity contribution in [2.45, 2.75) is 19.4 Å². The molecular formula is C9H16N2O3. The van der Waals surface area contributed by atoms with Crippen LogP contribution in [0.1, 0.15) is 19.5 Å². The smallest absolute Gasteiger partial charge is 0.222 e. The number of nitrogen functional groups attached to an aromatic ring is 1. The van der Waals surface area contributed by atoms with Crippen molar-refractivity contribution in [1.29, 1.82) is 0 Å². The molecular weight excluding hydrogens is 184 g/mol.